The molecule has 1 spiro atoms. The van der Waals surface area contributed by atoms with Crippen molar-refractivity contribution in [2.45, 2.75) is 43.9 Å². The van der Waals surface area contributed by atoms with Crippen molar-refractivity contribution < 1.29 is 13.9 Å². The van der Waals surface area contributed by atoms with E-state index in [1.165, 1.54) is 18.4 Å². The first-order valence-electron chi connectivity index (χ1n) is 7.80. The summed E-state index contributed by atoms with van der Waals surface area (Å²) in [5.41, 5.74) is 1.30. The van der Waals surface area contributed by atoms with Gasteiger partial charge in [0.25, 0.3) is 0 Å². The van der Waals surface area contributed by atoms with E-state index in [1.54, 1.807) is 6.26 Å². The number of furan rings is 1. The molecule has 0 aromatic carbocycles. The lowest BCUT2D eigenvalue weighted by atomic mass is 9.98. The zero-order chi connectivity index (χ0) is 13.4. The van der Waals surface area contributed by atoms with Gasteiger partial charge < -0.3 is 13.9 Å². The number of nitrogens with zero attached hydrogens (tertiary/aromatic N) is 1. The molecule has 1 aromatic rings. The van der Waals surface area contributed by atoms with Crippen molar-refractivity contribution in [1.29, 1.82) is 0 Å². The molecule has 0 radical (unpaired) electrons. The smallest absolute Gasteiger partial charge is 0.0947 e. The minimum Gasteiger partial charge on any atom is -0.472 e. The van der Waals surface area contributed by atoms with E-state index in [2.05, 4.69) is 4.90 Å². The van der Waals surface area contributed by atoms with Gasteiger partial charge in [-0.1, -0.05) is 0 Å². The van der Waals surface area contributed by atoms with Crippen LogP contribution in [0.25, 0.3) is 0 Å². The van der Waals surface area contributed by atoms with Crippen LogP contribution in [0, 0.1) is 5.92 Å². The zero-order valence-electron chi connectivity index (χ0n) is 11.9. The summed E-state index contributed by atoms with van der Waals surface area (Å²) in [6.45, 7) is 4.84. The molecule has 4 nitrogen and oxygen atoms in total. The Labute approximate surface area is 120 Å². The van der Waals surface area contributed by atoms with Gasteiger partial charge in [0.2, 0.25) is 0 Å². The van der Waals surface area contributed by atoms with E-state index < -0.39 is 0 Å². The maximum Gasteiger partial charge on any atom is 0.0947 e. The normalized spacial score (nSPS) is 34.3. The SMILES string of the molecule is c1cc(CN2CC[C@]3(C[C@@H](OCC4CC4)CO3)C2)co1. The van der Waals surface area contributed by atoms with Crippen LogP contribution >= 0.6 is 0 Å². The van der Waals surface area contributed by atoms with Crippen LogP contribution in [-0.2, 0) is 16.0 Å². The molecule has 1 aliphatic carbocycles. The molecule has 20 heavy (non-hydrogen) atoms. The molecule has 4 rings (SSSR count). The predicted octanol–water partition coefficient (Wildman–Crippen LogP) is 2.44. The van der Waals surface area contributed by atoms with Crippen LogP contribution in [0.1, 0.15) is 31.2 Å². The summed E-state index contributed by atoms with van der Waals surface area (Å²) in [6, 6.07) is 2.04. The summed E-state index contributed by atoms with van der Waals surface area (Å²) in [5.74, 6) is 0.840. The van der Waals surface area contributed by atoms with Gasteiger partial charge in [0.05, 0.1) is 30.8 Å². The average molecular weight is 277 g/mol. The summed E-state index contributed by atoms with van der Waals surface area (Å²) in [5, 5.41) is 0. The van der Waals surface area contributed by atoms with Crippen LogP contribution in [0.3, 0.4) is 0 Å². The van der Waals surface area contributed by atoms with Gasteiger partial charge in [0.1, 0.15) is 0 Å². The third kappa shape index (κ3) is 2.78. The van der Waals surface area contributed by atoms with Crippen LogP contribution in [0.4, 0.5) is 0 Å². The van der Waals surface area contributed by atoms with E-state index in [0.717, 1.165) is 51.6 Å². The third-order valence-electron chi connectivity index (χ3n) is 4.82. The lowest BCUT2D eigenvalue weighted by Crippen LogP contribution is -2.32. The van der Waals surface area contributed by atoms with Gasteiger partial charge >= 0.3 is 0 Å². The second kappa shape index (κ2) is 5.17. The largest absolute Gasteiger partial charge is 0.472 e. The lowest BCUT2D eigenvalue weighted by molar-refractivity contribution is 0.000847. The van der Waals surface area contributed by atoms with E-state index in [9.17, 15) is 0 Å². The highest BCUT2D eigenvalue weighted by Gasteiger charge is 2.46. The Morgan fingerprint density at radius 3 is 3.15 bits per heavy atom. The Balaban J connectivity index is 1.28. The van der Waals surface area contributed by atoms with Crippen molar-refractivity contribution in [3.05, 3.63) is 24.2 Å². The van der Waals surface area contributed by atoms with Gasteiger partial charge in [-0.05, 0) is 31.2 Å². The van der Waals surface area contributed by atoms with Crippen molar-refractivity contribution in [3.63, 3.8) is 0 Å². The molecule has 2 aliphatic heterocycles. The van der Waals surface area contributed by atoms with Crippen molar-refractivity contribution in [2.75, 3.05) is 26.3 Å². The van der Waals surface area contributed by atoms with Crippen molar-refractivity contribution in [3.8, 4) is 0 Å². The molecule has 3 heterocycles. The Bertz CT molecular complexity index is 443. The van der Waals surface area contributed by atoms with Crippen LogP contribution in [-0.4, -0.2) is 42.9 Å². The first kappa shape index (κ1) is 12.9. The van der Waals surface area contributed by atoms with Crippen LogP contribution in [0.15, 0.2) is 23.0 Å². The maximum atomic E-state index is 6.13. The summed E-state index contributed by atoms with van der Waals surface area (Å²) < 4.78 is 17.3. The summed E-state index contributed by atoms with van der Waals surface area (Å²) >= 11 is 0. The number of hydrogen-bond acceptors (Lipinski definition) is 4. The van der Waals surface area contributed by atoms with Crippen LogP contribution < -0.4 is 0 Å². The van der Waals surface area contributed by atoms with E-state index in [1.807, 2.05) is 12.3 Å². The molecule has 0 bridgehead atoms. The molecule has 4 heteroatoms. The standard InChI is InChI=1S/C16H23NO3/c1-2-13(1)10-19-15-7-16(20-11-15)4-5-17(12-16)8-14-3-6-18-9-14/h3,6,9,13,15H,1-2,4-5,7-8,10-12H2/t15-,16+/m1/s1. The molecular weight excluding hydrogens is 254 g/mol. The van der Waals surface area contributed by atoms with Gasteiger partial charge in [0, 0.05) is 38.2 Å². The maximum absolute atomic E-state index is 6.13. The van der Waals surface area contributed by atoms with Gasteiger partial charge in [-0.15, -0.1) is 0 Å². The van der Waals surface area contributed by atoms with Crippen LogP contribution in [0.5, 0.6) is 0 Å². The first-order valence-corrected chi connectivity index (χ1v) is 7.80. The summed E-state index contributed by atoms with van der Waals surface area (Å²) in [4.78, 5) is 2.47. The quantitative estimate of drug-likeness (QED) is 0.828. The molecule has 2 saturated heterocycles. The Kier molecular flexibility index (Phi) is 3.33. The Morgan fingerprint density at radius 2 is 2.35 bits per heavy atom. The minimum absolute atomic E-state index is 0.0535. The van der Waals surface area contributed by atoms with Gasteiger partial charge in [-0.3, -0.25) is 4.90 Å². The van der Waals surface area contributed by atoms with Crippen molar-refractivity contribution >= 4 is 0 Å². The first-order chi connectivity index (χ1) is 9.81. The molecular formula is C16H23NO3. The fraction of sp³-hybridized carbons (Fsp3) is 0.750. The number of hydrogen-bond donors (Lipinski definition) is 0. The molecule has 3 aliphatic rings. The fourth-order valence-electron chi connectivity index (χ4n) is 3.45. The zero-order valence-corrected chi connectivity index (χ0v) is 11.9. The molecule has 3 fully saturated rings. The van der Waals surface area contributed by atoms with E-state index in [0.29, 0.717) is 6.10 Å². The van der Waals surface area contributed by atoms with Gasteiger partial charge in [-0.25, -0.2) is 0 Å². The number of likely N-dealkylation sites (tertiary alicyclic amines) is 1. The second-order valence-corrected chi connectivity index (χ2v) is 6.69. The molecule has 1 saturated carbocycles. The Hall–Kier alpha value is -0.840. The number of rotatable bonds is 5. The average Bonchev–Trinajstić information content (AvgIpc) is 2.87. The van der Waals surface area contributed by atoms with Crippen molar-refractivity contribution in [1.82, 2.24) is 4.90 Å². The topological polar surface area (TPSA) is 34.8 Å². The highest BCUT2D eigenvalue weighted by molar-refractivity contribution is 5.07. The minimum atomic E-state index is 0.0535. The highest BCUT2D eigenvalue weighted by Crippen LogP contribution is 2.38. The monoisotopic (exact) mass is 277 g/mol. The molecule has 2 atom stereocenters. The lowest BCUT2D eigenvalue weighted by Gasteiger charge is -2.23. The van der Waals surface area contributed by atoms with Crippen molar-refractivity contribution in [2.24, 2.45) is 5.92 Å². The molecule has 0 N–H and O–H groups in total. The molecule has 0 amide bonds. The van der Waals surface area contributed by atoms with E-state index in [-0.39, 0.29) is 5.60 Å². The van der Waals surface area contributed by atoms with Crippen LogP contribution in [0.2, 0.25) is 0 Å². The summed E-state index contributed by atoms with van der Waals surface area (Å²) in [6.07, 6.45) is 8.82. The molecule has 110 valence electrons. The number of ether oxygens (including phenoxy) is 2. The predicted molar refractivity (Wildman–Crippen MR) is 74.4 cm³/mol. The van der Waals surface area contributed by atoms with Gasteiger partial charge in [-0.2, -0.15) is 0 Å². The van der Waals surface area contributed by atoms with E-state index in [4.69, 9.17) is 13.9 Å². The summed E-state index contributed by atoms with van der Waals surface area (Å²) in [7, 11) is 0. The van der Waals surface area contributed by atoms with E-state index >= 15 is 0 Å². The molecule has 1 aromatic heterocycles. The highest BCUT2D eigenvalue weighted by atomic mass is 16.6. The fourth-order valence-corrected chi connectivity index (χ4v) is 3.45. The Morgan fingerprint density at radius 1 is 1.40 bits per heavy atom. The third-order valence-corrected chi connectivity index (χ3v) is 4.82. The second-order valence-electron chi connectivity index (χ2n) is 6.69. The molecule has 0 unspecified atom stereocenters. The van der Waals surface area contributed by atoms with Gasteiger partial charge in [0.15, 0.2) is 0 Å².